The number of fused-ring (bicyclic) bond motifs is 2. The van der Waals surface area contributed by atoms with Crippen molar-refractivity contribution in [3.8, 4) is 0 Å². The quantitative estimate of drug-likeness (QED) is 0.884. The van der Waals surface area contributed by atoms with Crippen LogP contribution in [-0.2, 0) is 26.1 Å². The summed E-state index contributed by atoms with van der Waals surface area (Å²) in [6.07, 6.45) is 4.43. The van der Waals surface area contributed by atoms with Gasteiger partial charge in [-0.1, -0.05) is 6.92 Å². The molecule has 1 unspecified atom stereocenters. The van der Waals surface area contributed by atoms with E-state index in [9.17, 15) is 0 Å². The Labute approximate surface area is 114 Å². The number of benzene rings is 1. The van der Waals surface area contributed by atoms with Crippen LogP contribution in [-0.4, -0.2) is 10.6 Å². The van der Waals surface area contributed by atoms with E-state index in [0.717, 1.165) is 32.5 Å². The second-order valence-electron chi connectivity index (χ2n) is 5.77. The molecular formula is C16H23N3. The van der Waals surface area contributed by atoms with E-state index in [0.29, 0.717) is 0 Å². The van der Waals surface area contributed by atoms with E-state index in [4.69, 9.17) is 5.73 Å². The van der Waals surface area contributed by atoms with E-state index in [1.54, 1.807) is 0 Å². The second kappa shape index (κ2) is 4.99. The first-order chi connectivity index (χ1) is 9.19. The molecule has 2 aromatic rings. The minimum atomic E-state index is 0.215. The first kappa shape index (κ1) is 12.7. The molecule has 1 atom stereocenters. The van der Waals surface area contributed by atoms with Crippen molar-refractivity contribution in [2.24, 2.45) is 5.73 Å². The van der Waals surface area contributed by atoms with Crippen LogP contribution < -0.4 is 11.1 Å². The zero-order valence-electron chi connectivity index (χ0n) is 11.9. The molecule has 19 heavy (non-hydrogen) atoms. The van der Waals surface area contributed by atoms with Gasteiger partial charge in [-0.2, -0.15) is 0 Å². The lowest BCUT2D eigenvalue weighted by Crippen LogP contribution is -2.17. The lowest BCUT2D eigenvalue weighted by atomic mass is 10.0. The Morgan fingerprint density at radius 1 is 1.32 bits per heavy atom. The third-order valence-electron chi connectivity index (χ3n) is 3.92. The maximum absolute atomic E-state index is 5.99. The van der Waals surface area contributed by atoms with Crippen molar-refractivity contribution in [3.05, 3.63) is 35.0 Å². The van der Waals surface area contributed by atoms with Gasteiger partial charge in [-0.15, -0.1) is 0 Å². The van der Waals surface area contributed by atoms with Gasteiger partial charge in [-0.05, 0) is 48.6 Å². The van der Waals surface area contributed by atoms with Gasteiger partial charge in [-0.25, -0.2) is 0 Å². The Kier molecular flexibility index (Phi) is 3.33. The number of aromatic nitrogens is 1. The maximum Gasteiger partial charge on any atom is 0.0486 e. The topological polar surface area (TPSA) is 43.0 Å². The van der Waals surface area contributed by atoms with Gasteiger partial charge >= 0.3 is 0 Å². The van der Waals surface area contributed by atoms with Crippen LogP contribution in [0.1, 0.15) is 37.0 Å². The first-order valence-corrected chi connectivity index (χ1v) is 7.29. The SMILES string of the molecule is CCCn1cc(CC(C)N)c2cc3c(cc21)CNC3. The first-order valence-electron chi connectivity index (χ1n) is 7.29. The monoisotopic (exact) mass is 257 g/mol. The van der Waals surface area contributed by atoms with Gasteiger partial charge in [0.15, 0.2) is 0 Å². The fraction of sp³-hybridized carbons (Fsp3) is 0.500. The molecule has 0 fully saturated rings. The van der Waals surface area contributed by atoms with Crippen LogP contribution in [0, 0.1) is 0 Å². The number of nitrogens with one attached hydrogen (secondary N) is 1. The summed E-state index contributed by atoms with van der Waals surface area (Å²) in [6, 6.07) is 4.95. The van der Waals surface area contributed by atoms with Gasteiger partial charge in [0.1, 0.15) is 0 Å². The van der Waals surface area contributed by atoms with Crippen molar-refractivity contribution in [1.82, 2.24) is 9.88 Å². The highest BCUT2D eigenvalue weighted by Gasteiger charge is 2.16. The van der Waals surface area contributed by atoms with Crippen LogP contribution >= 0.6 is 0 Å². The standard InChI is InChI=1S/C16H23N3/c1-3-4-19-10-14(5-11(2)17)15-6-12-8-18-9-13(12)7-16(15)19/h6-7,10-11,18H,3-5,8-9,17H2,1-2H3. The molecule has 1 aromatic carbocycles. The van der Waals surface area contributed by atoms with Gasteiger partial charge < -0.3 is 15.6 Å². The van der Waals surface area contributed by atoms with E-state index in [1.807, 2.05) is 0 Å². The van der Waals surface area contributed by atoms with Crippen LogP contribution in [0.25, 0.3) is 10.9 Å². The third kappa shape index (κ3) is 2.28. The second-order valence-corrected chi connectivity index (χ2v) is 5.77. The van der Waals surface area contributed by atoms with E-state index in [1.165, 1.54) is 27.6 Å². The van der Waals surface area contributed by atoms with Crippen molar-refractivity contribution in [3.63, 3.8) is 0 Å². The fourth-order valence-corrected chi connectivity index (χ4v) is 3.09. The molecule has 3 N–H and O–H groups in total. The van der Waals surface area contributed by atoms with Crippen molar-refractivity contribution in [2.45, 2.75) is 52.4 Å². The zero-order valence-corrected chi connectivity index (χ0v) is 11.9. The average Bonchev–Trinajstić information content (AvgIpc) is 2.93. The Morgan fingerprint density at radius 3 is 2.74 bits per heavy atom. The molecule has 102 valence electrons. The van der Waals surface area contributed by atoms with Crippen LogP contribution in [0.15, 0.2) is 18.3 Å². The Morgan fingerprint density at radius 2 is 2.05 bits per heavy atom. The van der Waals surface area contributed by atoms with E-state index in [-0.39, 0.29) is 6.04 Å². The molecule has 3 heteroatoms. The highest BCUT2D eigenvalue weighted by atomic mass is 15.0. The van der Waals surface area contributed by atoms with E-state index >= 15 is 0 Å². The van der Waals surface area contributed by atoms with Crippen molar-refractivity contribution in [2.75, 3.05) is 0 Å². The van der Waals surface area contributed by atoms with Crippen LogP contribution in [0.2, 0.25) is 0 Å². The maximum atomic E-state index is 5.99. The van der Waals surface area contributed by atoms with Crippen LogP contribution in [0.3, 0.4) is 0 Å². The molecule has 0 spiro atoms. The third-order valence-corrected chi connectivity index (χ3v) is 3.92. The summed E-state index contributed by atoms with van der Waals surface area (Å²) < 4.78 is 2.39. The molecule has 1 aromatic heterocycles. The van der Waals surface area contributed by atoms with Gasteiger partial charge in [-0.3, -0.25) is 0 Å². The van der Waals surface area contributed by atoms with Crippen molar-refractivity contribution < 1.29 is 0 Å². The van der Waals surface area contributed by atoms with Gasteiger partial charge in [0.25, 0.3) is 0 Å². The number of hydrogen-bond donors (Lipinski definition) is 2. The van der Waals surface area contributed by atoms with E-state index in [2.05, 4.69) is 42.1 Å². The fourth-order valence-electron chi connectivity index (χ4n) is 3.09. The molecule has 0 saturated heterocycles. The van der Waals surface area contributed by atoms with Gasteiger partial charge in [0, 0.05) is 42.8 Å². The van der Waals surface area contributed by atoms with E-state index < -0.39 is 0 Å². The summed E-state index contributed by atoms with van der Waals surface area (Å²) in [5.74, 6) is 0. The van der Waals surface area contributed by atoms with Gasteiger partial charge in [0.2, 0.25) is 0 Å². The molecular weight excluding hydrogens is 234 g/mol. The summed E-state index contributed by atoms with van der Waals surface area (Å²) >= 11 is 0. The highest BCUT2D eigenvalue weighted by molar-refractivity contribution is 5.86. The Hall–Kier alpha value is -1.32. The van der Waals surface area contributed by atoms with Gasteiger partial charge in [0.05, 0.1) is 0 Å². The predicted octanol–water partition coefficient (Wildman–Crippen LogP) is 2.54. The smallest absolute Gasteiger partial charge is 0.0486 e. The minimum absolute atomic E-state index is 0.215. The molecule has 0 radical (unpaired) electrons. The largest absolute Gasteiger partial charge is 0.347 e. The summed E-state index contributed by atoms with van der Waals surface area (Å²) in [4.78, 5) is 0. The Balaban J connectivity index is 2.15. The summed E-state index contributed by atoms with van der Waals surface area (Å²) in [5.41, 5.74) is 11.7. The molecule has 3 rings (SSSR count). The lowest BCUT2D eigenvalue weighted by Gasteiger charge is -2.05. The predicted molar refractivity (Wildman–Crippen MR) is 80.1 cm³/mol. The zero-order chi connectivity index (χ0) is 13.4. The summed E-state index contributed by atoms with van der Waals surface area (Å²) in [7, 11) is 0. The normalized spacial score (nSPS) is 15.9. The number of rotatable bonds is 4. The molecule has 0 saturated carbocycles. The number of aryl methyl sites for hydroxylation is 1. The lowest BCUT2D eigenvalue weighted by molar-refractivity contribution is 0.692. The summed E-state index contributed by atoms with van der Waals surface area (Å²) in [6.45, 7) is 7.40. The average molecular weight is 257 g/mol. The Bertz CT molecular complexity index is 596. The molecule has 1 aliphatic rings. The minimum Gasteiger partial charge on any atom is -0.347 e. The van der Waals surface area contributed by atoms with Crippen LogP contribution in [0.4, 0.5) is 0 Å². The number of nitrogens with zero attached hydrogens (tertiary/aromatic N) is 1. The summed E-state index contributed by atoms with van der Waals surface area (Å²) in [5, 5.41) is 4.83. The molecule has 3 nitrogen and oxygen atoms in total. The highest BCUT2D eigenvalue weighted by Crippen LogP contribution is 2.28. The van der Waals surface area contributed by atoms with Crippen molar-refractivity contribution in [1.29, 1.82) is 0 Å². The molecule has 2 heterocycles. The molecule has 0 aliphatic carbocycles. The molecule has 0 bridgehead atoms. The molecule has 0 amide bonds. The molecule has 1 aliphatic heterocycles. The number of nitrogens with two attached hydrogens (primary N) is 1. The van der Waals surface area contributed by atoms with Crippen LogP contribution in [0.5, 0.6) is 0 Å². The van der Waals surface area contributed by atoms with Crippen molar-refractivity contribution >= 4 is 10.9 Å². The number of hydrogen-bond acceptors (Lipinski definition) is 2.